The molecule has 0 aromatic carbocycles. The Balaban J connectivity index is 1.33. The SMILES string of the molecule is OC1CCC(CC2CCC(CC3CCCCC3)CC2)CC1. The van der Waals surface area contributed by atoms with Gasteiger partial charge in [-0.15, -0.1) is 0 Å². The zero-order chi connectivity index (χ0) is 14.5. The second kappa shape index (κ2) is 7.99. The highest BCUT2D eigenvalue weighted by Gasteiger charge is 2.27. The highest BCUT2D eigenvalue weighted by molar-refractivity contribution is 4.80. The molecule has 3 fully saturated rings. The van der Waals surface area contributed by atoms with Gasteiger partial charge < -0.3 is 5.11 Å². The lowest BCUT2D eigenvalue weighted by Crippen LogP contribution is -2.23. The summed E-state index contributed by atoms with van der Waals surface area (Å²) in [6.07, 6.45) is 21.4. The van der Waals surface area contributed by atoms with Crippen molar-refractivity contribution in [3.05, 3.63) is 0 Å². The Morgan fingerprint density at radius 1 is 0.476 bits per heavy atom. The highest BCUT2D eigenvalue weighted by Crippen LogP contribution is 2.40. The van der Waals surface area contributed by atoms with E-state index in [4.69, 9.17) is 0 Å². The zero-order valence-electron chi connectivity index (χ0n) is 13.9. The first-order valence-electron chi connectivity index (χ1n) is 9.97. The molecule has 0 unspecified atom stereocenters. The van der Waals surface area contributed by atoms with Gasteiger partial charge in [-0.1, -0.05) is 57.8 Å². The van der Waals surface area contributed by atoms with Crippen LogP contribution in [0, 0.1) is 23.7 Å². The van der Waals surface area contributed by atoms with Crippen LogP contribution in [0.25, 0.3) is 0 Å². The number of hydrogen-bond acceptors (Lipinski definition) is 1. The summed E-state index contributed by atoms with van der Waals surface area (Å²) in [6, 6.07) is 0. The number of hydrogen-bond donors (Lipinski definition) is 1. The van der Waals surface area contributed by atoms with Crippen molar-refractivity contribution in [2.45, 2.75) is 102 Å². The highest BCUT2D eigenvalue weighted by atomic mass is 16.3. The van der Waals surface area contributed by atoms with Crippen LogP contribution in [0.1, 0.15) is 96.3 Å². The molecular weight excluding hydrogens is 256 g/mol. The van der Waals surface area contributed by atoms with E-state index in [9.17, 15) is 5.11 Å². The molecule has 0 amide bonds. The molecule has 0 spiro atoms. The Morgan fingerprint density at radius 3 is 1.33 bits per heavy atom. The van der Waals surface area contributed by atoms with Crippen molar-refractivity contribution in [1.29, 1.82) is 0 Å². The first-order valence-corrected chi connectivity index (χ1v) is 9.97. The van der Waals surface area contributed by atoms with E-state index in [0.717, 1.165) is 36.5 Å². The third-order valence-corrected chi connectivity index (χ3v) is 6.84. The third kappa shape index (κ3) is 4.98. The molecule has 0 bridgehead atoms. The molecule has 1 heteroatoms. The predicted molar refractivity (Wildman–Crippen MR) is 89.2 cm³/mol. The monoisotopic (exact) mass is 292 g/mol. The molecule has 0 atom stereocenters. The molecule has 0 aromatic heterocycles. The summed E-state index contributed by atoms with van der Waals surface area (Å²) in [6.45, 7) is 0. The van der Waals surface area contributed by atoms with Gasteiger partial charge >= 0.3 is 0 Å². The van der Waals surface area contributed by atoms with Gasteiger partial charge in [0.1, 0.15) is 0 Å². The molecular formula is C20H36O. The van der Waals surface area contributed by atoms with Crippen molar-refractivity contribution in [2.24, 2.45) is 23.7 Å². The van der Waals surface area contributed by atoms with E-state index in [1.807, 2.05) is 0 Å². The molecule has 0 heterocycles. The lowest BCUT2D eigenvalue weighted by molar-refractivity contribution is 0.0956. The van der Waals surface area contributed by atoms with E-state index >= 15 is 0 Å². The molecule has 0 radical (unpaired) electrons. The lowest BCUT2D eigenvalue weighted by Gasteiger charge is -2.35. The second-order valence-electron chi connectivity index (χ2n) is 8.54. The van der Waals surface area contributed by atoms with Crippen LogP contribution in [0.2, 0.25) is 0 Å². The van der Waals surface area contributed by atoms with E-state index in [2.05, 4.69) is 0 Å². The molecule has 21 heavy (non-hydrogen) atoms. The first-order chi connectivity index (χ1) is 10.3. The van der Waals surface area contributed by atoms with Crippen molar-refractivity contribution < 1.29 is 5.11 Å². The van der Waals surface area contributed by atoms with Gasteiger partial charge in [-0.2, -0.15) is 0 Å². The summed E-state index contributed by atoms with van der Waals surface area (Å²) < 4.78 is 0. The third-order valence-electron chi connectivity index (χ3n) is 6.84. The maximum Gasteiger partial charge on any atom is 0.0540 e. The molecule has 1 N–H and O–H groups in total. The predicted octanol–water partition coefficient (Wildman–Crippen LogP) is 5.70. The summed E-state index contributed by atoms with van der Waals surface area (Å²) in [4.78, 5) is 0. The van der Waals surface area contributed by atoms with Gasteiger partial charge in [0.2, 0.25) is 0 Å². The molecule has 122 valence electrons. The van der Waals surface area contributed by atoms with Crippen molar-refractivity contribution >= 4 is 0 Å². The molecule has 3 aliphatic rings. The maximum atomic E-state index is 9.62. The maximum absolute atomic E-state index is 9.62. The minimum Gasteiger partial charge on any atom is -0.393 e. The Morgan fingerprint density at radius 2 is 0.857 bits per heavy atom. The fourth-order valence-corrected chi connectivity index (χ4v) is 5.45. The molecule has 0 saturated heterocycles. The van der Waals surface area contributed by atoms with Crippen molar-refractivity contribution in [1.82, 2.24) is 0 Å². The standard InChI is InChI=1S/C20H36O/c21-20-12-10-19(11-13-20)15-18-8-6-17(7-9-18)14-16-4-2-1-3-5-16/h16-21H,1-15H2. The van der Waals surface area contributed by atoms with Crippen LogP contribution in [0.15, 0.2) is 0 Å². The summed E-state index contributed by atoms with van der Waals surface area (Å²) >= 11 is 0. The fraction of sp³-hybridized carbons (Fsp3) is 1.00. The number of rotatable bonds is 4. The van der Waals surface area contributed by atoms with Gasteiger partial charge in [-0.25, -0.2) is 0 Å². The average molecular weight is 293 g/mol. The molecule has 3 saturated carbocycles. The van der Waals surface area contributed by atoms with E-state index in [1.165, 1.54) is 77.0 Å². The number of aliphatic hydroxyl groups is 1. The van der Waals surface area contributed by atoms with Gasteiger partial charge in [0.15, 0.2) is 0 Å². The molecule has 3 aliphatic carbocycles. The van der Waals surface area contributed by atoms with Crippen LogP contribution in [0.5, 0.6) is 0 Å². The number of aliphatic hydroxyl groups excluding tert-OH is 1. The molecule has 1 nitrogen and oxygen atoms in total. The van der Waals surface area contributed by atoms with Crippen molar-refractivity contribution in [2.75, 3.05) is 0 Å². The van der Waals surface area contributed by atoms with Gasteiger partial charge in [-0.3, -0.25) is 0 Å². The summed E-state index contributed by atoms with van der Waals surface area (Å²) in [5.41, 5.74) is 0. The summed E-state index contributed by atoms with van der Waals surface area (Å²) in [5.74, 6) is 4.11. The van der Waals surface area contributed by atoms with Crippen LogP contribution in [-0.2, 0) is 0 Å². The molecule has 3 rings (SSSR count). The smallest absolute Gasteiger partial charge is 0.0540 e. The normalized spacial score (nSPS) is 39.3. The summed E-state index contributed by atoms with van der Waals surface area (Å²) in [5, 5.41) is 9.62. The van der Waals surface area contributed by atoms with Gasteiger partial charge in [0.05, 0.1) is 6.10 Å². The van der Waals surface area contributed by atoms with Crippen LogP contribution in [0.4, 0.5) is 0 Å². The largest absolute Gasteiger partial charge is 0.393 e. The quantitative estimate of drug-likeness (QED) is 0.704. The Hall–Kier alpha value is -0.0400. The van der Waals surface area contributed by atoms with Crippen LogP contribution >= 0.6 is 0 Å². The van der Waals surface area contributed by atoms with Crippen molar-refractivity contribution in [3.63, 3.8) is 0 Å². The van der Waals surface area contributed by atoms with Crippen molar-refractivity contribution in [3.8, 4) is 0 Å². The zero-order valence-corrected chi connectivity index (χ0v) is 13.9. The summed E-state index contributed by atoms with van der Waals surface area (Å²) in [7, 11) is 0. The van der Waals surface area contributed by atoms with Gasteiger partial charge in [0.25, 0.3) is 0 Å². The van der Waals surface area contributed by atoms with E-state index in [1.54, 1.807) is 6.42 Å². The topological polar surface area (TPSA) is 20.2 Å². The van der Waals surface area contributed by atoms with Crippen LogP contribution in [-0.4, -0.2) is 11.2 Å². The van der Waals surface area contributed by atoms with Crippen LogP contribution < -0.4 is 0 Å². The minimum absolute atomic E-state index is 0.0208. The second-order valence-corrected chi connectivity index (χ2v) is 8.54. The van der Waals surface area contributed by atoms with E-state index < -0.39 is 0 Å². The molecule has 0 aromatic rings. The van der Waals surface area contributed by atoms with Gasteiger partial charge in [-0.05, 0) is 62.2 Å². The van der Waals surface area contributed by atoms with E-state index in [-0.39, 0.29) is 6.10 Å². The Bertz CT molecular complexity index is 278. The van der Waals surface area contributed by atoms with Crippen LogP contribution in [0.3, 0.4) is 0 Å². The lowest BCUT2D eigenvalue weighted by atomic mass is 9.72. The van der Waals surface area contributed by atoms with Gasteiger partial charge in [0, 0.05) is 0 Å². The minimum atomic E-state index is 0.0208. The average Bonchev–Trinajstić information content (AvgIpc) is 2.53. The van der Waals surface area contributed by atoms with E-state index in [0.29, 0.717) is 0 Å². The first kappa shape index (κ1) is 15.8. The Kier molecular flexibility index (Phi) is 6.03. The fourth-order valence-electron chi connectivity index (χ4n) is 5.45. The molecule has 0 aliphatic heterocycles. The Labute approximate surface area is 131 Å².